The fraction of sp³-hybridized carbons (Fsp3) is 0.667. The number of phenolic OH excluding ortho intramolecular Hbond substituents is 1. The molecule has 1 saturated heterocycles. The third-order valence-electron chi connectivity index (χ3n) is 4.92. The molecule has 110 valence electrons. The Kier molecular flexibility index (Phi) is 3.76. The van der Waals surface area contributed by atoms with Gasteiger partial charge < -0.3 is 10.0 Å². The van der Waals surface area contributed by atoms with Gasteiger partial charge in [0.25, 0.3) is 0 Å². The molecule has 1 aromatic carbocycles. The molecule has 20 heavy (non-hydrogen) atoms. The quantitative estimate of drug-likeness (QED) is 0.852. The van der Waals surface area contributed by atoms with Crippen molar-refractivity contribution in [2.45, 2.75) is 44.9 Å². The molecule has 0 amide bonds. The normalized spacial score (nSPS) is 21.9. The highest BCUT2D eigenvalue weighted by atomic mass is 16.3. The summed E-state index contributed by atoms with van der Waals surface area (Å²) in [6, 6.07) is 7.95. The van der Waals surface area contributed by atoms with Crippen LogP contribution in [0.2, 0.25) is 0 Å². The maximum Gasteiger partial charge on any atom is 0.115 e. The van der Waals surface area contributed by atoms with Crippen LogP contribution in [0.5, 0.6) is 5.75 Å². The molecule has 0 spiro atoms. The van der Waals surface area contributed by atoms with Gasteiger partial charge in [-0.2, -0.15) is 0 Å². The van der Waals surface area contributed by atoms with Gasteiger partial charge in [0, 0.05) is 25.0 Å². The van der Waals surface area contributed by atoms with Crippen molar-refractivity contribution in [1.82, 2.24) is 4.90 Å². The monoisotopic (exact) mass is 273 g/mol. The van der Waals surface area contributed by atoms with E-state index < -0.39 is 0 Å². The third-order valence-corrected chi connectivity index (χ3v) is 4.92. The van der Waals surface area contributed by atoms with Gasteiger partial charge in [0.1, 0.15) is 5.75 Å². The highest BCUT2D eigenvalue weighted by molar-refractivity contribution is 5.36. The van der Waals surface area contributed by atoms with Crippen molar-refractivity contribution < 1.29 is 5.11 Å². The van der Waals surface area contributed by atoms with Crippen LogP contribution < -0.4 is 0 Å². The first kappa shape index (κ1) is 13.9. The highest BCUT2D eigenvalue weighted by Crippen LogP contribution is 2.42. The molecule has 0 bridgehead atoms. The number of phenols is 1. The largest absolute Gasteiger partial charge is 0.508 e. The molecule has 2 fully saturated rings. The molecule has 1 saturated carbocycles. The van der Waals surface area contributed by atoms with Crippen LogP contribution in [-0.4, -0.2) is 29.6 Å². The molecule has 1 aliphatic heterocycles. The van der Waals surface area contributed by atoms with Crippen LogP contribution in [0.3, 0.4) is 0 Å². The van der Waals surface area contributed by atoms with Crippen LogP contribution in [0.1, 0.15) is 45.1 Å². The minimum absolute atomic E-state index is 0.290. The average Bonchev–Trinajstić information content (AvgIpc) is 3.15. The summed E-state index contributed by atoms with van der Waals surface area (Å²) in [5.74, 6) is 2.14. The lowest BCUT2D eigenvalue weighted by Gasteiger charge is -2.51. The molecule has 2 heteroatoms. The Bertz CT molecular complexity index is 458. The van der Waals surface area contributed by atoms with Crippen molar-refractivity contribution >= 4 is 0 Å². The second kappa shape index (κ2) is 5.40. The molecule has 1 aliphatic carbocycles. The van der Waals surface area contributed by atoms with E-state index in [2.05, 4.69) is 24.8 Å². The average molecular weight is 273 g/mol. The lowest BCUT2D eigenvalue weighted by Crippen LogP contribution is -2.59. The number of nitrogens with zero attached hydrogens (tertiary/aromatic N) is 1. The molecule has 1 aromatic rings. The van der Waals surface area contributed by atoms with Crippen molar-refractivity contribution in [3.05, 3.63) is 29.8 Å². The summed E-state index contributed by atoms with van der Waals surface area (Å²) >= 11 is 0. The van der Waals surface area contributed by atoms with E-state index in [0.717, 1.165) is 11.8 Å². The Balaban J connectivity index is 1.70. The van der Waals surface area contributed by atoms with Crippen molar-refractivity contribution in [3.8, 4) is 5.75 Å². The number of likely N-dealkylation sites (tertiary alicyclic amines) is 1. The zero-order valence-electron chi connectivity index (χ0n) is 12.8. The topological polar surface area (TPSA) is 23.5 Å². The molecule has 0 radical (unpaired) electrons. The third kappa shape index (κ3) is 3.01. The number of rotatable bonds is 6. The van der Waals surface area contributed by atoms with Gasteiger partial charge in [0.05, 0.1) is 0 Å². The Morgan fingerprint density at radius 1 is 1.30 bits per heavy atom. The highest BCUT2D eigenvalue weighted by Gasteiger charge is 2.45. The lowest BCUT2D eigenvalue weighted by atomic mass is 9.69. The van der Waals surface area contributed by atoms with E-state index in [-0.39, 0.29) is 5.41 Å². The number of aromatic hydroxyl groups is 1. The summed E-state index contributed by atoms with van der Waals surface area (Å²) in [5.41, 5.74) is 1.63. The van der Waals surface area contributed by atoms with Crippen molar-refractivity contribution in [2.75, 3.05) is 19.6 Å². The van der Waals surface area contributed by atoms with Crippen LogP contribution >= 0.6 is 0 Å². The van der Waals surface area contributed by atoms with Crippen molar-refractivity contribution in [2.24, 2.45) is 11.8 Å². The minimum atomic E-state index is 0.290. The summed E-state index contributed by atoms with van der Waals surface area (Å²) in [6.07, 6.45) is 5.38. The van der Waals surface area contributed by atoms with Gasteiger partial charge in [-0.3, -0.25) is 0 Å². The second-order valence-electron chi connectivity index (χ2n) is 7.38. The van der Waals surface area contributed by atoms with Crippen LogP contribution in [-0.2, 0) is 5.41 Å². The molecule has 2 aliphatic rings. The first-order chi connectivity index (χ1) is 9.57. The molecular formula is C18H27NO. The zero-order valence-corrected chi connectivity index (χ0v) is 12.8. The predicted molar refractivity (Wildman–Crippen MR) is 83.0 cm³/mol. The van der Waals surface area contributed by atoms with Crippen LogP contribution in [0.4, 0.5) is 0 Å². The Hall–Kier alpha value is -1.02. The summed E-state index contributed by atoms with van der Waals surface area (Å²) in [5, 5.41) is 9.78. The van der Waals surface area contributed by atoms with Gasteiger partial charge in [-0.05, 0) is 48.8 Å². The fourth-order valence-corrected chi connectivity index (χ4v) is 3.49. The van der Waals surface area contributed by atoms with E-state index >= 15 is 0 Å². The van der Waals surface area contributed by atoms with Gasteiger partial charge >= 0.3 is 0 Å². The van der Waals surface area contributed by atoms with Gasteiger partial charge in [-0.1, -0.05) is 32.4 Å². The molecule has 1 heterocycles. The Morgan fingerprint density at radius 3 is 2.65 bits per heavy atom. The standard InChI is InChI=1S/C18H27NO/c1-14(2)8-9-18(16-4-3-5-17(20)10-16)12-19(13-18)11-15-6-7-15/h3-5,10,14-15,20H,6-9,11-13H2,1-2H3. The van der Waals surface area contributed by atoms with Gasteiger partial charge in [0.2, 0.25) is 0 Å². The van der Waals surface area contributed by atoms with Crippen LogP contribution in [0.15, 0.2) is 24.3 Å². The molecule has 3 rings (SSSR count). The van der Waals surface area contributed by atoms with Gasteiger partial charge in [-0.15, -0.1) is 0 Å². The van der Waals surface area contributed by atoms with E-state index in [1.807, 2.05) is 12.1 Å². The SMILES string of the molecule is CC(C)CCC1(c2cccc(O)c2)CN(CC2CC2)C1. The smallest absolute Gasteiger partial charge is 0.115 e. The Morgan fingerprint density at radius 2 is 2.05 bits per heavy atom. The van der Waals surface area contributed by atoms with Gasteiger partial charge in [-0.25, -0.2) is 0 Å². The number of hydrogen-bond acceptors (Lipinski definition) is 2. The van der Waals surface area contributed by atoms with E-state index in [1.165, 1.54) is 50.9 Å². The van der Waals surface area contributed by atoms with E-state index in [1.54, 1.807) is 6.07 Å². The molecule has 0 atom stereocenters. The summed E-state index contributed by atoms with van der Waals surface area (Å²) in [7, 11) is 0. The van der Waals surface area contributed by atoms with Crippen LogP contribution in [0.25, 0.3) is 0 Å². The lowest BCUT2D eigenvalue weighted by molar-refractivity contribution is 0.0496. The van der Waals surface area contributed by atoms with Crippen molar-refractivity contribution in [3.63, 3.8) is 0 Å². The van der Waals surface area contributed by atoms with Crippen LogP contribution in [0, 0.1) is 11.8 Å². The maximum absolute atomic E-state index is 9.78. The van der Waals surface area contributed by atoms with Crippen molar-refractivity contribution in [1.29, 1.82) is 0 Å². The number of benzene rings is 1. The molecular weight excluding hydrogens is 246 g/mol. The van der Waals surface area contributed by atoms with E-state index in [0.29, 0.717) is 5.75 Å². The van der Waals surface area contributed by atoms with E-state index in [4.69, 9.17) is 0 Å². The Labute approximate surface area is 122 Å². The second-order valence-corrected chi connectivity index (χ2v) is 7.38. The molecule has 1 N–H and O–H groups in total. The van der Waals surface area contributed by atoms with E-state index in [9.17, 15) is 5.11 Å². The summed E-state index contributed by atoms with van der Waals surface area (Å²) in [4.78, 5) is 2.61. The number of hydrogen-bond donors (Lipinski definition) is 1. The molecule has 0 unspecified atom stereocenters. The fourth-order valence-electron chi connectivity index (χ4n) is 3.49. The maximum atomic E-state index is 9.78. The predicted octanol–water partition coefficient (Wildman–Crippen LogP) is 3.79. The van der Waals surface area contributed by atoms with Gasteiger partial charge in [0.15, 0.2) is 0 Å². The summed E-state index contributed by atoms with van der Waals surface area (Å²) < 4.78 is 0. The molecule has 2 nitrogen and oxygen atoms in total. The zero-order chi connectivity index (χ0) is 14.2. The molecule has 0 aromatic heterocycles. The first-order valence-electron chi connectivity index (χ1n) is 8.09. The first-order valence-corrected chi connectivity index (χ1v) is 8.09. The minimum Gasteiger partial charge on any atom is -0.508 e. The summed E-state index contributed by atoms with van der Waals surface area (Å²) in [6.45, 7) is 8.26.